The number of alkyl halides is 3. The number of carbonyl (C=O) groups is 4. The van der Waals surface area contributed by atoms with Gasteiger partial charge in [-0.15, -0.1) is 0 Å². The van der Waals surface area contributed by atoms with Crippen LogP contribution in [0.2, 0.25) is 0 Å². The number of anilines is 1. The SMILES string of the molecule is CCC(=O)Cc1ccc(-n2ccc(NC(=O)N3CCN(C(=O)C(C)(C)NC(=O)OC(C)(C)C)CC3)nc2=O)cc1C(F)(F)F. The van der Waals surface area contributed by atoms with Crippen LogP contribution in [0.3, 0.4) is 0 Å². The monoisotopic (exact) mass is 622 g/mol. The first kappa shape index (κ1) is 34.1. The van der Waals surface area contributed by atoms with Crippen molar-refractivity contribution in [3.05, 3.63) is 52.1 Å². The predicted octanol–water partition coefficient (Wildman–Crippen LogP) is 3.75. The van der Waals surface area contributed by atoms with Crippen LogP contribution in [0.5, 0.6) is 0 Å². The molecule has 4 amide bonds. The fraction of sp³-hybridized carbons (Fsp3) is 0.517. The van der Waals surface area contributed by atoms with E-state index in [9.17, 15) is 37.1 Å². The van der Waals surface area contributed by atoms with Crippen LogP contribution in [0.15, 0.2) is 35.3 Å². The topological polar surface area (TPSA) is 143 Å². The summed E-state index contributed by atoms with van der Waals surface area (Å²) < 4.78 is 47.2. The molecule has 3 rings (SSSR count). The molecule has 0 spiro atoms. The summed E-state index contributed by atoms with van der Waals surface area (Å²) in [6.07, 6.45) is -4.58. The quantitative estimate of drug-likeness (QED) is 0.479. The number of ether oxygens (including phenoxy) is 1. The van der Waals surface area contributed by atoms with E-state index in [1.54, 1.807) is 41.5 Å². The summed E-state index contributed by atoms with van der Waals surface area (Å²) in [5, 5.41) is 5.06. The second-order valence-electron chi connectivity index (χ2n) is 11.8. The van der Waals surface area contributed by atoms with Crippen LogP contribution in [0, 0.1) is 0 Å². The first-order chi connectivity index (χ1) is 20.3. The molecule has 0 saturated carbocycles. The minimum atomic E-state index is -4.75. The smallest absolute Gasteiger partial charge is 0.416 e. The molecule has 12 nitrogen and oxygen atoms in total. The maximum atomic E-state index is 13.7. The molecule has 0 atom stereocenters. The number of rotatable bonds is 7. The Bertz CT molecular complexity index is 1470. The second kappa shape index (κ2) is 13.1. The number of nitrogens with zero attached hydrogens (tertiary/aromatic N) is 4. The molecular weight excluding hydrogens is 585 g/mol. The van der Waals surface area contributed by atoms with E-state index in [1.807, 2.05) is 0 Å². The third-order valence-electron chi connectivity index (χ3n) is 6.70. The lowest BCUT2D eigenvalue weighted by Crippen LogP contribution is -2.60. The number of amides is 4. The van der Waals surface area contributed by atoms with Crippen molar-refractivity contribution in [1.82, 2.24) is 24.7 Å². The number of hydrogen-bond donors (Lipinski definition) is 2. The Balaban J connectivity index is 1.64. The fourth-order valence-corrected chi connectivity index (χ4v) is 4.45. The lowest BCUT2D eigenvalue weighted by Gasteiger charge is -2.38. The van der Waals surface area contributed by atoms with Crippen LogP contribution in [-0.2, 0) is 26.9 Å². The molecule has 0 aliphatic carbocycles. The van der Waals surface area contributed by atoms with Crippen molar-refractivity contribution < 1.29 is 37.1 Å². The molecule has 0 radical (unpaired) electrons. The second-order valence-corrected chi connectivity index (χ2v) is 11.8. The van der Waals surface area contributed by atoms with E-state index in [0.29, 0.717) is 0 Å². The lowest BCUT2D eigenvalue weighted by molar-refractivity contribution is -0.139. The Kier molecular flexibility index (Phi) is 10.1. The molecule has 1 saturated heterocycles. The number of urea groups is 1. The first-order valence-corrected chi connectivity index (χ1v) is 14.0. The summed E-state index contributed by atoms with van der Waals surface area (Å²) in [6, 6.07) is 3.92. The van der Waals surface area contributed by atoms with Gasteiger partial charge in [-0.2, -0.15) is 18.2 Å². The van der Waals surface area contributed by atoms with Crippen molar-refractivity contribution >= 4 is 29.6 Å². The maximum Gasteiger partial charge on any atom is 0.416 e. The Morgan fingerprint density at radius 1 is 0.955 bits per heavy atom. The van der Waals surface area contributed by atoms with Crippen molar-refractivity contribution in [1.29, 1.82) is 0 Å². The maximum absolute atomic E-state index is 13.7. The lowest BCUT2D eigenvalue weighted by atomic mass is 10.00. The highest BCUT2D eigenvalue weighted by Crippen LogP contribution is 2.34. The van der Waals surface area contributed by atoms with Gasteiger partial charge in [-0.05, 0) is 58.4 Å². The third-order valence-corrected chi connectivity index (χ3v) is 6.70. The van der Waals surface area contributed by atoms with E-state index in [4.69, 9.17) is 4.74 Å². The average molecular weight is 623 g/mol. The van der Waals surface area contributed by atoms with E-state index in [0.717, 1.165) is 16.7 Å². The van der Waals surface area contributed by atoms with Crippen molar-refractivity contribution in [2.75, 3.05) is 31.5 Å². The number of benzene rings is 1. The predicted molar refractivity (Wildman–Crippen MR) is 154 cm³/mol. The van der Waals surface area contributed by atoms with Gasteiger partial charge in [0.05, 0.1) is 11.3 Å². The van der Waals surface area contributed by atoms with Crippen LogP contribution in [0.1, 0.15) is 59.1 Å². The Morgan fingerprint density at radius 3 is 2.11 bits per heavy atom. The molecule has 1 aliphatic heterocycles. The molecule has 15 heteroatoms. The molecule has 2 N–H and O–H groups in total. The number of nitrogens with one attached hydrogen (secondary N) is 2. The van der Waals surface area contributed by atoms with Gasteiger partial charge in [0.1, 0.15) is 22.7 Å². The zero-order chi connectivity index (χ0) is 33.0. The van der Waals surface area contributed by atoms with Crippen LogP contribution in [-0.4, -0.2) is 80.5 Å². The van der Waals surface area contributed by atoms with Crippen LogP contribution >= 0.6 is 0 Å². The van der Waals surface area contributed by atoms with Gasteiger partial charge in [0, 0.05) is 45.2 Å². The molecule has 2 aromatic rings. The Morgan fingerprint density at radius 2 is 1.57 bits per heavy atom. The minimum absolute atomic E-state index is 0.0922. The molecule has 1 aliphatic rings. The molecule has 0 unspecified atom stereocenters. The van der Waals surface area contributed by atoms with Crippen molar-refractivity contribution in [2.45, 2.75) is 71.7 Å². The number of ketones is 1. The summed E-state index contributed by atoms with van der Waals surface area (Å²) in [5.74, 6) is -0.819. The van der Waals surface area contributed by atoms with E-state index in [2.05, 4.69) is 15.6 Å². The van der Waals surface area contributed by atoms with Crippen molar-refractivity contribution in [3.8, 4) is 5.69 Å². The summed E-state index contributed by atoms with van der Waals surface area (Å²) >= 11 is 0. The number of Topliss-reactive ketones (excluding diaryl/α,β-unsaturated/α-hetero) is 1. The molecule has 1 aromatic carbocycles. The summed E-state index contributed by atoms with van der Waals surface area (Å²) in [7, 11) is 0. The summed E-state index contributed by atoms with van der Waals surface area (Å²) in [6.45, 7) is 10.5. The van der Waals surface area contributed by atoms with Gasteiger partial charge in [-0.3, -0.25) is 19.5 Å². The van der Waals surface area contributed by atoms with Gasteiger partial charge in [-0.25, -0.2) is 14.4 Å². The molecule has 1 aromatic heterocycles. The first-order valence-electron chi connectivity index (χ1n) is 14.0. The number of aromatic nitrogens is 2. The summed E-state index contributed by atoms with van der Waals surface area (Å²) in [5.41, 5.74) is -4.24. The standard InChI is InChI=1S/C29H37F3N6O6/c1-7-20(39)16-18-8-9-19(17-21(18)29(30,31)32)38-11-10-22(34-25(38)42)33-24(41)37-14-12-36(13-15-37)23(40)28(5,6)35-26(43)44-27(2,3)4/h8-11,17H,7,12-16H2,1-6H3,(H,35,43)(H,33,34,41,42). The molecular formula is C29H37F3N6O6. The van der Waals surface area contributed by atoms with Gasteiger partial charge in [0.2, 0.25) is 5.91 Å². The number of halogens is 3. The van der Waals surface area contributed by atoms with Crippen molar-refractivity contribution in [2.24, 2.45) is 0 Å². The molecule has 44 heavy (non-hydrogen) atoms. The van der Waals surface area contributed by atoms with Gasteiger partial charge < -0.3 is 19.9 Å². The average Bonchev–Trinajstić information content (AvgIpc) is 2.91. The van der Waals surface area contributed by atoms with E-state index in [-0.39, 0.29) is 67.8 Å². The number of carbonyl (C=O) groups excluding carboxylic acids is 4. The molecule has 0 bridgehead atoms. The zero-order valence-electron chi connectivity index (χ0n) is 25.5. The van der Waals surface area contributed by atoms with E-state index < -0.39 is 40.7 Å². The van der Waals surface area contributed by atoms with Crippen LogP contribution in [0.4, 0.5) is 28.6 Å². The van der Waals surface area contributed by atoms with Gasteiger partial charge in [-0.1, -0.05) is 13.0 Å². The highest BCUT2D eigenvalue weighted by atomic mass is 19.4. The third kappa shape index (κ3) is 8.80. The molecule has 2 heterocycles. The molecule has 1 fully saturated rings. The fourth-order valence-electron chi connectivity index (χ4n) is 4.45. The Hall–Kier alpha value is -4.43. The van der Waals surface area contributed by atoms with E-state index in [1.165, 1.54) is 28.1 Å². The highest BCUT2D eigenvalue weighted by Gasteiger charge is 2.37. The highest BCUT2D eigenvalue weighted by molar-refractivity contribution is 5.90. The minimum Gasteiger partial charge on any atom is -0.444 e. The van der Waals surface area contributed by atoms with Crippen molar-refractivity contribution in [3.63, 3.8) is 0 Å². The summed E-state index contributed by atoms with van der Waals surface area (Å²) in [4.78, 5) is 69.2. The van der Waals surface area contributed by atoms with E-state index >= 15 is 0 Å². The Labute approximate surface area is 252 Å². The van der Waals surface area contributed by atoms with Crippen LogP contribution < -0.4 is 16.3 Å². The number of piperazine rings is 1. The zero-order valence-corrected chi connectivity index (χ0v) is 25.5. The normalized spacial score (nSPS) is 14.2. The number of alkyl carbamates (subject to hydrolysis) is 1. The van der Waals surface area contributed by atoms with Gasteiger partial charge in [0.15, 0.2) is 0 Å². The number of hydrogen-bond acceptors (Lipinski definition) is 7. The molecule has 240 valence electrons. The van der Waals surface area contributed by atoms with Gasteiger partial charge in [0.25, 0.3) is 0 Å². The van der Waals surface area contributed by atoms with Gasteiger partial charge >= 0.3 is 24.0 Å². The van der Waals surface area contributed by atoms with Crippen LogP contribution in [0.25, 0.3) is 5.69 Å². The largest absolute Gasteiger partial charge is 0.444 e.